The molecule has 0 spiro atoms. The summed E-state index contributed by atoms with van der Waals surface area (Å²) in [6, 6.07) is 5.96. The van der Waals surface area contributed by atoms with Gasteiger partial charge in [0.25, 0.3) is 0 Å². The van der Waals surface area contributed by atoms with Crippen LogP contribution in [0.15, 0.2) is 59.7 Å². The average Bonchev–Trinajstić information content (AvgIpc) is 3.49. The van der Waals surface area contributed by atoms with Gasteiger partial charge in [0.1, 0.15) is 24.1 Å². The molecule has 1 saturated heterocycles. The fraction of sp³-hybridized carbons (Fsp3) is 0.486. The first kappa shape index (κ1) is 35.0. The van der Waals surface area contributed by atoms with Gasteiger partial charge in [0.15, 0.2) is 0 Å². The lowest BCUT2D eigenvalue weighted by Crippen LogP contribution is -2.33. The molecule has 6 N–H and O–H groups in total. The zero-order valence-corrected chi connectivity index (χ0v) is 29.3. The number of aromatic nitrogens is 4. The maximum atomic E-state index is 16.0. The van der Waals surface area contributed by atoms with Gasteiger partial charge in [-0.25, -0.2) is 14.4 Å². The second-order valence-electron chi connectivity index (χ2n) is 13.5. The molecule has 6 rings (SSSR count). The highest BCUT2D eigenvalue weighted by atomic mass is 32.1. The van der Waals surface area contributed by atoms with Crippen molar-refractivity contribution in [1.82, 2.24) is 35.5 Å². The van der Waals surface area contributed by atoms with Gasteiger partial charge in [0.05, 0.1) is 36.4 Å². The number of likely N-dealkylation sites (tertiary alicyclic amines) is 1. The number of hydrogen-bond acceptors (Lipinski definition) is 8. The van der Waals surface area contributed by atoms with Crippen molar-refractivity contribution in [3.63, 3.8) is 0 Å². The number of carbonyl (C=O) groups excluding carboxylic acids is 1. The number of fused-ring (bicyclic) bond motifs is 1. The van der Waals surface area contributed by atoms with Gasteiger partial charge in [-0.1, -0.05) is 26.0 Å². The predicted octanol–water partition coefficient (Wildman–Crippen LogP) is 6.34. The van der Waals surface area contributed by atoms with Crippen molar-refractivity contribution in [2.24, 2.45) is 5.92 Å². The molecule has 2 fully saturated rings. The van der Waals surface area contributed by atoms with Gasteiger partial charge in [-0.05, 0) is 85.9 Å². The minimum atomic E-state index is -0.533. The highest BCUT2D eigenvalue weighted by Crippen LogP contribution is 2.40. The number of halogens is 1. The van der Waals surface area contributed by atoms with Crippen LogP contribution in [0.1, 0.15) is 93.7 Å². The van der Waals surface area contributed by atoms with E-state index in [9.17, 15) is 9.90 Å². The molecular weight excluding hydrogens is 640 g/mol. The second kappa shape index (κ2) is 16.2. The van der Waals surface area contributed by atoms with Gasteiger partial charge in [-0.15, -0.1) is 12.6 Å². The molecule has 2 aliphatic heterocycles. The van der Waals surface area contributed by atoms with E-state index in [1.807, 2.05) is 18.5 Å². The zero-order valence-electron chi connectivity index (χ0n) is 28.4. The number of thiol groups is 1. The number of rotatable bonds is 16. The molecule has 49 heavy (non-hydrogen) atoms. The summed E-state index contributed by atoms with van der Waals surface area (Å²) in [4.78, 5) is 30.8. The summed E-state index contributed by atoms with van der Waals surface area (Å²) < 4.78 is 16.0. The predicted molar refractivity (Wildman–Crippen MR) is 195 cm³/mol. The van der Waals surface area contributed by atoms with Crippen LogP contribution in [0, 0.1) is 5.92 Å². The summed E-state index contributed by atoms with van der Waals surface area (Å²) in [5.41, 5.74) is 5.55. The molecule has 262 valence electrons. The summed E-state index contributed by atoms with van der Waals surface area (Å²) in [7, 11) is 0. The first-order valence-corrected chi connectivity index (χ1v) is 18.1. The third-order valence-electron chi connectivity index (χ3n) is 9.71. The molecular formula is C37H49FN8O2S. The Hall–Kier alpha value is -3.87. The fourth-order valence-corrected chi connectivity index (χ4v) is 6.89. The molecule has 4 heterocycles. The Morgan fingerprint density at radius 3 is 2.86 bits per heavy atom. The van der Waals surface area contributed by atoms with E-state index in [0.717, 1.165) is 71.5 Å². The number of anilines is 1. The minimum Gasteiger partial charge on any atom is -0.390 e. The molecule has 0 bridgehead atoms. The van der Waals surface area contributed by atoms with Gasteiger partial charge in [0.2, 0.25) is 5.91 Å². The van der Waals surface area contributed by atoms with E-state index >= 15 is 4.39 Å². The number of nitrogens with zero attached hydrogens (tertiary/aromatic N) is 3. The highest BCUT2D eigenvalue weighted by Gasteiger charge is 2.32. The number of imidazole rings is 2. The van der Waals surface area contributed by atoms with Crippen LogP contribution in [0.2, 0.25) is 0 Å². The number of amides is 1. The molecule has 1 aliphatic carbocycles. The monoisotopic (exact) mass is 688 g/mol. The Bertz CT molecular complexity index is 1690. The van der Waals surface area contributed by atoms with Crippen molar-refractivity contribution in [3.05, 3.63) is 82.6 Å². The van der Waals surface area contributed by atoms with Crippen molar-refractivity contribution in [2.75, 3.05) is 31.6 Å². The van der Waals surface area contributed by atoms with Crippen molar-refractivity contribution in [1.29, 1.82) is 0 Å². The summed E-state index contributed by atoms with van der Waals surface area (Å²) >= 11 is 4.67. The van der Waals surface area contributed by atoms with Gasteiger partial charge >= 0.3 is 0 Å². The van der Waals surface area contributed by atoms with Gasteiger partial charge < -0.3 is 35.9 Å². The Labute approximate surface area is 293 Å². The average molecular weight is 689 g/mol. The number of aliphatic hydroxyl groups excluding tert-OH is 1. The van der Waals surface area contributed by atoms with Crippen LogP contribution in [0.4, 0.5) is 10.1 Å². The minimum absolute atomic E-state index is 0.0934. The molecule has 10 nitrogen and oxygen atoms in total. The third-order valence-corrected chi connectivity index (χ3v) is 10.0. The Kier molecular flexibility index (Phi) is 11.6. The number of allylic oxidation sites excluding steroid dienone is 4. The summed E-state index contributed by atoms with van der Waals surface area (Å²) in [5, 5.41) is 19.7. The SMILES string of the molecule is CCCNCc1ncc(-c2ccc3c(c2)C(C)C(C/C(F)=C\C(=C/C/C(S)=C/NCC2CC2)c2cnc([C@@H]4CCCN4C(=O)CO)[nH]2)N3)[nH]1. The topological polar surface area (TPSA) is 134 Å². The number of aromatic amines is 2. The molecule has 3 aliphatic rings. The van der Waals surface area contributed by atoms with Crippen LogP contribution in [0.5, 0.6) is 0 Å². The summed E-state index contributed by atoms with van der Waals surface area (Å²) in [6.07, 6.45) is 15.0. The normalized spacial score (nSPS) is 21.3. The number of carbonyl (C=O) groups is 1. The Morgan fingerprint density at radius 1 is 1.20 bits per heavy atom. The number of H-pyrrole nitrogens is 2. The maximum Gasteiger partial charge on any atom is 0.248 e. The maximum absolute atomic E-state index is 16.0. The largest absolute Gasteiger partial charge is 0.390 e. The van der Waals surface area contributed by atoms with Crippen molar-refractivity contribution in [3.8, 4) is 11.3 Å². The van der Waals surface area contributed by atoms with Crippen LogP contribution in [0.25, 0.3) is 16.8 Å². The number of aliphatic hydroxyl groups is 1. The van der Waals surface area contributed by atoms with Crippen LogP contribution in [-0.4, -0.2) is 68.1 Å². The molecule has 1 aromatic carbocycles. The van der Waals surface area contributed by atoms with E-state index < -0.39 is 6.61 Å². The lowest BCUT2D eigenvalue weighted by molar-refractivity contribution is -0.135. The lowest BCUT2D eigenvalue weighted by atomic mass is 9.93. The van der Waals surface area contributed by atoms with E-state index in [-0.39, 0.29) is 36.2 Å². The lowest BCUT2D eigenvalue weighted by Gasteiger charge is -2.22. The molecule has 3 aromatic rings. The third kappa shape index (κ3) is 8.84. The second-order valence-corrected chi connectivity index (χ2v) is 14.1. The van der Waals surface area contributed by atoms with E-state index in [1.54, 1.807) is 17.2 Å². The fourth-order valence-electron chi connectivity index (χ4n) is 6.71. The quantitative estimate of drug-likeness (QED) is 0.0531. The molecule has 12 heteroatoms. The van der Waals surface area contributed by atoms with Crippen LogP contribution >= 0.6 is 12.6 Å². The van der Waals surface area contributed by atoms with Crippen molar-refractivity contribution < 1.29 is 14.3 Å². The van der Waals surface area contributed by atoms with Crippen LogP contribution in [-0.2, 0) is 11.3 Å². The van der Waals surface area contributed by atoms with Crippen molar-refractivity contribution >= 4 is 29.8 Å². The zero-order chi connectivity index (χ0) is 34.3. The van der Waals surface area contributed by atoms with E-state index in [1.165, 1.54) is 12.8 Å². The summed E-state index contributed by atoms with van der Waals surface area (Å²) in [6.45, 7) is 6.92. The first-order valence-electron chi connectivity index (χ1n) is 17.6. The number of benzene rings is 1. The molecule has 2 unspecified atom stereocenters. The number of nitrogens with one attached hydrogen (secondary N) is 5. The van der Waals surface area contributed by atoms with Gasteiger partial charge in [-0.2, -0.15) is 0 Å². The standard InChI is InChI=1S/C37H49FN8O2S/c1-3-12-39-21-35-41-19-32(44-35)26-9-11-30-29(15-26)23(2)31(43-30)16-27(38)14-25(8-10-28(49)18-40-17-24-6-7-24)33-20-42-37(45-33)34-5-4-13-46(34)36(48)22-47/h8-9,11,14-15,18-20,23-24,31,34,39-40,43,47,49H,3-7,10,12-13,16-17,21-22H2,1-2H3,(H,41,44)(H,42,45)/b25-8+,27-14+,28-18-/t23?,31?,34-/m0/s1. The Balaban J connectivity index is 1.17. The number of hydrogen-bond donors (Lipinski definition) is 7. The summed E-state index contributed by atoms with van der Waals surface area (Å²) in [5.74, 6) is 1.83. The molecule has 1 saturated carbocycles. The van der Waals surface area contributed by atoms with Crippen LogP contribution in [0.3, 0.4) is 0 Å². The van der Waals surface area contributed by atoms with E-state index in [0.29, 0.717) is 36.6 Å². The van der Waals surface area contributed by atoms with Crippen LogP contribution < -0.4 is 16.0 Å². The van der Waals surface area contributed by atoms with E-state index in [2.05, 4.69) is 80.6 Å². The van der Waals surface area contributed by atoms with E-state index in [4.69, 9.17) is 0 Å². The Morgan fingerprint density at radius 2 is 2.06 bits per heavy atom. The molecule has 1 amide bonds. The molecule has 0 radical (unpaired) electrons. The van der Waals surface area contributed by atoms with Gasteiger partial charge in [-0.3, -0.25) is 4.79 Å². The first-order chi connectivity index (χ1) is 23.8. The molecule has 2 aromatic heterocycles. The van der Waals surface area contributed by atoms with Crippen molar-refractivity contribution in [2.45, 2.75) is 83.3 Å². The smallest absolute Gasteiger partial charge is 0.248 e. The molecule has 3 atom stereocenters. The highest BCUT2D eigenvalue weighted by molar-refractivity contribution is 7.84. The van der Waals surface area contributed by atoms with Gasteiger partial charge in [0, 0.05) is 48.3 Å².